The van der Waals surface area contributed by atoms with Gasteiger partial charge in [0.25, 0.3) is 0 Å². The van der Waals surface area contributed by atoms with E-state index in [0.29, 0.717) is 35.8 Å². The van der Waals surface area contributed by atoms with Crippen LogP contribution in [0, 0.1) is 6.92 Å². The smallest absolute Gasteiger partial charge is 0.227 e. The SMILES string of the molecule is CCC(=O)N(Cc1c(C)noc1-c1ccccc1)c1cccc(C(=NN)NN)c1. The molecule has 3 rings (SSSR count). The molecule has 1 aromatic heterocycles. The van der Waals surface area contributed by atoms with Gasteiger partial charge < -0.3 is 20.7 Å². The number of aromatic nitrogens is 1. The van der Waals surface area contributed by atoms with Crippen LogP contribution in [-0.2, 0) is 11.3 Å². The molecule has 0 fully saturated rings. The Labute approximate surface area is 169 Å². The van der Waals surface area contributed by atoms with Gasteiger partial charge >= 0.3 is 0 Å². The zero-order valence-corrected chi connectivity index (χ0v) is 16.4. The van der Waals surface area contributed by atoms with Crippen LogP contribution in [0.25, 0.3) is 11.3 Å². The van der Waals surface area contributed by atoms with E-state index in [0.717, 1.165) is 16.8 Å². The number of anilines is 1. The summed E-state index contributed by atoms with van der Waals surface area (Å²) in [6, 6.07) is 17.0. The monoisotopic (exact) mass is 392 g/mol. The third kappa shape index (κ3) is 4.27. The number of aryl methyl sites for hydroxylation is 1. The van der Waals surface area contributed by atoms with E-state index in [4.69, 9.17) is 16.2 Å². The number of hydrazone groups is 1. The van der Waals surface area contributed by atoms with Crippen LogP contribution in [-0.4, -0.2) is 16.9 Å². The first-order chi connectivity index (χ1) is 14.1. The van der Waals surface area contributed by atoms with E-state index in [-0.39, 0.29) is 5.91 Å². The number of carbonyl (C=O) groups excluding carboxylic acids is 1. The second-order valence-electron chi connectivity index (χ2n) is 6.45. The van der Waals surface area contributed by atoms with Crippen molar-refractivity contribution in [3.8, 4) is 11.3 Å². The lowest BCUT2D eigenvalue weighted by Gasteiger charge is -2.23. The summed E-state index contributed by atoms with van der Waals surface area (Å²) in [4.78, 5) is 14.5. The number of hydrogen-bond donors (Lipinski definition) is 3. The number of rotatable bonds is 6. The molecule has 1 heterocycles. The van der Waals surface area contributed by atoms with Crippen LogP contribution in [0.3, 0.4) is 0 Å². The second kappa shape index (κ2) is 9.03. The van der Waals surface area contributed by atoms with Gasteiger partial charge in [-0.15, -0.1) is 0 Å². The van der Waals surface area contributed by atoms with Crippen LogP contribution < -0.4 is 22.0 Å². The lowest BCUT2D eigenvalue weighted by Crippen LogP contribution is -2.33. The maximum Gasteiger partial charge on any atom is 0.227 e. The molecule has 1 amide bonds. The minimum Gasteiger partial charge on any atom is -0.356 e. The molecule has 0 unspecified atom stereocenters. The summed E-state index contributed by atoms with van der Waals surface area (Å²) >= 11 is 0. The predicted molar refractivity (Wildman–Crippen MR) is 113 cm³/mol. The summed E-state index contributed by atoms with van der Waals surface area (Å²) in [5, 5.41) is 7.76. The molecule has 0 aliphatic carbocycles. The summed E-state index contributed by atoms with van der Waals surface area (Å²) in [5.74, 6) is 11.8. The van der Waals surface area contributed by atoms with E-state index in [1.165, 1.54) is 0 Å². The third-order valence-electron chi connectivity index (χ3n) is 4.64. The lowest BCUT2D eigenvalue weighted by atomic mass is 10.1. The molecule has 0 atom stereocenters. The lowest BCUT2D eigenvalue weighted by molar-refractivity contribution is -0.118. The molecule has 0 saturated heterocycles. The molecule has 0 aliphatic rings. The minimum atomic E-state index is -0.0336. The van der Waals surface area contributed by atoms with Crippen LogP contribution >= 0.6 is 0 Å². The zero-order chi connectivity index (χ0) is 20.8. The van der Waals surface area contributed by atoms with Crippen LogP contribution in [0.1, 0.15) is 30.2 Å². The second-order valence-corrected chi connectivity index (χ2v) is 6.45. The molecule has 0 radical (unpaired) electrons. The molecule has 8 nitrogen and oxygen atoms in total. The van der Waals surface area contributed by atoms with E-state index >= 15 is 0 Å². The highest BCUT2D eigenvalue weighted by Gasteiger charge is 2.22. The number of nitrogens with two attached hydrogens (primary N) is 2. The van der Waals surface area contributed by atoms with Gasteiger partial charge in [0, 0.05) is 28.8 Å². The molecule has 8 heteroatoms. The highest BCUT2D eigenvalue weighted by Crippen LogP contribution is 2.29. The molecule has 0 spiro atoms. The van der Waals surface area contributed by atoms with Gasteiger partial charge in [-0.2, -0.15) is 5.10 Å². The maximum atomic E-state index is 12.8. The van der Waals surface area contributed by atoms with Gasteiger partial charge in [0.1, 0.15) is 0 Å². The Kier molecular flexibility index (Phi) is 6.25. The highest BCUT2D eigenvalue weighted by atomic mass is 16.5. The van der Waals surface area contributed by atoms with E-state index in [1.54, 1.807) is 4.90 Å². The Morgan fingerprint density at radius 2 is 1.97 bits per heavy atom. The first-order valence-corrected chi connectivity index (χ1v) is 9.24. The molecule has 3 aromatic rings. The standard InChI is InChI=1S/C21H24N6O2/c1-3-19(28)27(17-11-7-10-16(12-17)21(24-22)25-23)13-18-14(2)26-29-20(18)15-8-5-4-6-9-15/h4-12H,3,13,22-23H2,1-2H3,(H,24,25). The number of hydrogen-bond acceptors (Lipinski definition) is 6. The van der Waals surface area contributed by atoms with Gasteiger partial charge in [0.2, 0.25) is 5.91 Å². The fourth-order valence-electron chi connectivity index (χ4n) is 3.08. The van der Waals surface area contributed by atoms with Gasteiger partial charge in [0.05, 0.1) is 12.2 Å². The summed E-state index contributed by atoms with van der Waals surface area (Å²) < 4.78 is 5.58. The molecule has 29 heavy (non-hydrogen) atoms. The average Bonchev–Trinajstić information content (AvgIpc) is 3.13. The molecule has 0 bridgehead atoms. The number of benzene rings is 2. The van der Waals surface area contributed by atoms with Crippen molar-refractivity contribution in [2.24, 2.45) is 16.8 Å². The topological polar surface area (TPSA) is 123 Å². The Morgan fingerprint density at radius 3 is 2.62 bits per heavy atom. The van der Waals surface area contributed by atoms with E-state index in [1.807, 2.05) is 68.4 Å². The van der Waals surface area contributed by atoms with Gasteiger partial charge in [-0.05, 0) is 19.1 Å². The highest BCUT2D eigenvalue weighted by molar-refractivity contribution is 6.00. The summed E-state index contributed by atoms with van der Waals surface area (Å²) in [6.07, 6.45) is 0.349. The molecule has 0 aliphatic heterocycles. The van der Waals surface area contributed by atoms with E-state index in [2.05, 4.69) is 15.7 Å². The van der Waals surface area contributed by atoms with Crippen molar-refractivity contribution in [1.29, 1.82) is 0 Å². The van der Waals surface area contributed by atoms with Crippen LogP contribution in [0.15, 0.2) is 64.2 Å². The molecular weight excluding hydrogens is 368 g/mol. The van der Waals surface area contributed by atoms with Crippen molar-refractivity contribution < 1.29 is 9.32 Å². The first kappa shape index (κ1) is 20.1. The molecular formula is C21H24N6O2. The average molecular weight is 392 g/mol. The van der Waals surface area contributed by atoms with Gasteiger partial charge in [0.15, 0.2) is 11.6 Å². The van der Waals surface area contributed by atoms with Crippen LogP contribution in [0.2, 0.25) is 0 Å². The van der Waals surface area contributed by atoms with Gasteiger partial charge in [-0.25, -0.2) is 5.84 Å². The molecule has 2 aromatic carbocycles. The molecule has 0 saturated carbocycles. The van der Waals surface area contributed by atoms with Crippen molar-refractivity contribution in [2.45, 2.75) is 26.8 Å². The number of nitrogens with one attached hydrogen (secondary N) is 1. The summed E-state index contributed by atoms with van der Waals surface area (Å²) in [7, 11) is 0. The Bertz CT molecular complexity index is 1010. The van der Waals surface area contributed by atoms with Crippen LogP contribution in [0.5, 0.6) is 0 Å². The van der Waals surface area contributed by atoms with Crippen molar-refractivity contribution in [1.82, 2.24) is 10.6 Å². The summed E-state index contributed by atoms with van der Waals surface area (Å²) in [6.45, 7) is 4.01. The molecule has 5 N–H and O–H groups in total. The number of amides is 1. The summed E-state index contributed by atoms with van der Waals surface area (Å²) in [5.41, 5.74) is 6.33. The van der Waals surface area contributed by atoms with Gasteiger partial charge in [-0.3, -0.25) is 4.79 Å². The quantitative estimate of drug-likeness (QED) is 0.256. The van der Waals surface area contributed by atoms with E-state index in [9.17, 15) is 4.79 Å². The Balaban J connectivity index is 2.02. The van der Waals surface area contributed by atoms with E-state index < -0.39 is 0 Å². The molecule has 150 valence electrons. The first-order valence-electron chi connectivity index (χ1n) is 9.24. The minimum absolute atomic E-state index is 0.0336. The number of hydrazine groups is 1. The zero-order valence-electron chi connectivity index (χ0n) is 16.4. The number of nitrogens with zero attached hydrogens (tertiary/aromatic N) is 3. The predicted octanol–water partition coefficient (Wildman–Crippen LogP) is 2.68. The normalized spacial score (nSPS) is 11.3. The Hall–Kier alpha value is -3.65. The van der Waals surface area contributed by atoms with Crippen molar-refractivity contribution >= 4 is 17.4 Å². The number of carbonyl (C=O) groups is 1. The van der Waals surface area contributed by atoms with Crippen molar-refractivity contribution in [2.75, 3.05) is 4.90 Å². The fraction of sp³-hybridized carbons (Fsp3) is 0.190. The third-order valence-corrected chi connectivity index (χ3v) is 4.64. The maximum absolute atomic E-state index is 12.8. The van der Waals surface area contributed by atoms with Crippen molar-refractivity contribution in [3.05, 3.63) is 71.4 Å². The Morgan fingerprint density at radius 1 is 1.21 bits per heavy atom. The van der Waals surface area contributed by atoms with Gasteiger partial charge in [-0.1, -0.05) is 54.5 Å². The van der Waals surface area contributed by atoms with Crippen molar-refractivity contribution in [3.63, 3.8) is 0 Å². The number of amidine groups is 1. The fourth-order valence-corrected chi connectivity index (χ4v) is 3.08. The van der Waals surface area contributed by atoms with Crippen LogP contribution in [0.4, 0.5) is 5.69 Å². The largest absolute Gasteiger partial charge is 0.356 e.